The number of carbonyl (C=O) groups excluding carboxylic acids is 1. The van der Waals surface area contributed by atoms with E-state index in [0.29, 0.717) is 5.75 Å². The van der Waals surface area contributed by atoms with Gasteiger partial charge >= 0.3 is 0 Å². The van der Waals surface area contributed by atoms with Crippen molar-refractivity contribution in [3.8, 4) is 5.75 Å². The molecule has 1 N–H and O–H groups in total. The minimum Gasteiger partial charge on any atom is -0.495 e. The van der Waals surface area contributed by atoms with E-state index in [4.69, 9.17) is 16.3 Å². The van der Waals surface area contributed by atoms with Gasteiger partial charge in [0.25, 0.3) is 0 Å². The molecule has 6 nitrogen and oxygen atoms in total. The minimum atomic E-state index is -3.93. The molecule has 0 saturated heterocycles. The number of para-hydroxylation sites is 1. The van der Waals surface area contributed by atoms with Gasteiger partial charge in [-0.1, -0.05) is 56.0 Å². The molecule has 3 rings (SSSR count). The maximum atomic E-state index is 13.6. The van der Waals surface area contributed by atoms with Crippen LogP contribution in [0.3, 0.4) is 0 Å². The first-order chi connectivity index (χ1) is 15.3. The summed E-state index contributed by atoms with van der Waals surface area (Å²) < 4.78 is 33.7. The zero-order valence-corrected chi connectivity index (χ0v) is 20.4. The summed E-state index contributed by atoms with van der Waals surface area (Å²) in [5.74, 6) is 0.0574. The summed E-state index contributed by atoms with van der Waals surface area (Å²) in [7, 11) is -2.45. The summed E-state index contributed by atoms with van der Waals surface area (Å²) in [6.07, 6.45) is 5.21. The highest BCUT2D eigenvalue weighted by molar-refractivity contribution is 7.89. The van der Waals surface area contributed by atoms with Crippen molar-refractivity contribution in [1.82, 2.24) is 4.31 Å². The second-order valence-electron chi connectivity index (χ2n) is 8.15. The number of nitrogens with zero attached hydrogens (tertiary/aromatic N) is 1. The Morgan fingerprint density at radius 3 is 2.53 bits per heavy atom. The average Bonchev–Trinajstić information content (AvgIpc) is 2.79. The number of methoxy groups -OCH3 is 1. The summed E-state index contributed by atoms with van der Waals surface area (Å²) in [6, 6.07) is 10.0. The molecule has 32 heavy (non-hydrogen) atoms. The van der Waals surface area contributed by atoms with Crippen molar-refractivity contribution in [1.29, 1.82) is 0 Å². The van der Waals surface area contributed by atoms with Crippen LogP contribution in [0.1, 0.15) is 50.2 Å². The molecular weight excluding hydrogens is 448 g/mol. The molecule has 8 heteroatoms. The van der Waals surface area contributed by atoms with Crippen molar-refractivity contribution in [3.63, 3.8) is 0 Å². The highest BCUT2D eigenvalue weighted by atomic mass is 35.5. The molecule has 0 spiro atoms. The molecule has 174 valence electrons. The molecule has 1 aliphatic rings. The standard InChI is InChI=1S/C24H31ClN2O4S/c1-4-18-10-8-9-17(2)24(18)26-23(28)16-27(19-11-6-5-7-12-19)32(29,30)20-13-14-22(31-3)21(25)15-20/h8-10,13-15,19H,4-7,11-12,16H2,1-3H3,(H,26,28). The van der Waals surface area contributed by atoms with Gasteiger partial charge in [0.05, 0.1) is 23.6 Å². The molecule has 0 radical (unpaired) electrons. The number of amides is 1. The highest BCUT2D eigenvalue weighted by Gasteiger charge is 2.34. The number of nitrogens with one attached hydrogen (secondary N) is 1. The Labute approximate surface area is 196 Å². The molecular formula is C24H31ClN2O4S. The maximum absolute atomic E-state index is 13.6. The summed E-state index contributed by atoms with van der Waals surface area (Å²) in [4.78, 5) is 13.1. The molecule has 2 aromatic rings. The number of ether oxygens (including phenoxy) is 1. The Kier molecular flexibility index (Phi) is 8.20. The first-order valence-electron chi connectivity index (χ1n) is 11.0. The lowest BCUT2D eigenvalue weighted by Crippen LogP contribution is -2.45. The zero-order chi connectivity index (χ0) is 23.3. The summed E-state index contributed by atoms with van der Waals surface area (Å²) in [5.41, 5.74) is 2.73. The summed E-state index contributed by atoms with van der Waals surface area (Å²) in [5, 5.41) is 3.18. The van der Waals surface area contributed by atoms with Gasteiger partial charge < -0.3 is 10.1 Å². The largest absolute Gasteiger partial charge is 0.495 e. The van der Waals surface area contributed by atoms with Gasteiger partial charge in [-0.2, -0.15) is 4.31 Å². The third-order valence-corrected chi connectivity index (χ3v) is 8.21. The third kappa shape index (κ3) is 5.45. The van der Waals surface area contributed by atoms with E-state index in [0.717, 1.165) is 55.3 Å². The Balaban J connectivity index is 1.91. The van der Waals surface area contributed by atoms with Gasteiger partial charge in [-0.05, 0) is 55.5 Å². The summed E-state index contributed by atoms with van der Waals surface area (Å²) in [6.45, 7) is 3.72. The molecule has 0 bridgehead atoms. The topological polar surface area (TPSA) is 75.7 Å². The average molecular weight is 479 g/mol. The minimum absolute atomic E-state index is 0.0619. The zero-order valence-electron chi connectivity index (χ0n) is 18.9. The second-order valence-corrected chi connectivity index (χ2v) is 10.4. The first-order valence-corrected chi connectivity index (χ1v) is 12.8. The van der Waals surface area contributed by atoms with Crippen LogP contribution < -0.4 is 10.1 Å². The number of hydrogen-bond donors (Lipinski definition) is 1. The third-order valence-electron chi connectivity index (χ3n) is 6.02. The fraction of sp³-hybridized carbons (Fsp3) is 0.458. The molecule has 1 fully saturated rings. The summed E-state index contributed by atoms with van der Waals surface area (Å²) >= 11 is 6.20. The predicted octanol–water partition coefficient (Wildman–Crippen LogP) is 5.18. The van der Waals surface area contributed by atoms with Crippen molar-refractivity contribution < 1.29 is 17.9 Å². The Hall–Kier alpha value is -2.09. The van der Waals surface area contributed by atoms with Crippen LogP contribution >= 0.6 is 11.6 Å². The van der Waals surface area contributed by atoms with Crippen molar-refractivity contribution in [3.05, 3.63) is 52.5 Å². The van der Waals surface area contributed by atoms with Crippen LogP contribution in [0.5, 0.6) is 5.75 Å². The Morgan fingerprint density at radius 2 is 1.91 bits per heavy atom. The molecule has 0 heterocycles. The number of rotatable bonds is 8. The molecule has 2 aromatic carbocycles. The van der Waals surface area contributed by atoms with Crippen LogP contribution in [0.4, 0.5) is 5.69 Å². The molecule has 0 atom stereocenters. The monoisotopic (exact) mass is 478 g/mol. The van der Waals surface area contributed by atoms with Crippen molar-refractivity contribution in [2.24, 2.45) is 0 Å². The number of sulfonamides is 1. The lowest BCUT2D eigenvalue weighted by atomic mass is 9.95. The van der Waals surface area contributed by atoms with E-state index in [1.807, 2.05) is 32.0 Å². The number of anilines is 1. The molecule has 1 aliphatic carbocycles. The van der Waals surface area contributed by atoms with E-state index in [1.54, 1.807) is 0 Å². The van der Waals surface area contributed by atoms with E-state index < -0.39 is 10.0 Å². The van der Waals surface area contributed by atoms with Crippen molar-refractivity contribution in [2.45, 2.75) is 63.3 Å². The van der Waals surface area contributed by atoms with Crippen LogP contribution in [0.15, 0.2) is 41.3 Å². The highest BCUT2D eigenvalue weighted by Crippen LogP contribution is 2.32. The lowest BCUT2D eigenvalue weighted by Gasteiger charge is -2.33. The van der Waals surface area contributed by atoms with Gasteiger partial charge in [0.15, 0.2) is 0 Å². The van der Waals surface area contributed by atoms with Crippen LogP contribution in [0, 0.1) is 6.92 Å². The van der Waals surface area contributed by atoms with Crippen LogP contribution in [0.25, 0.3) is 0 Å². The number of hydrogen-bond acceptors (Lipinski definition) is 4. The second kappa shape index (κ2) is 10.7. The van der Waals surface area contributed by atoms with E-state index >= 15 is 0 Å². The van der Waals surface area contributed by atoms with E-state index in [9.17, 15) is 13.2 Å². The van der Waals surface area contributed by atoms with Gasteiger partial charge in [0, 0.05) is 11.7 Å². The predicted molar refractivity (Wildman–Crippen MR) is 128 cm³/mol. The SMILES string of the molecule is CCc1cccc(C)c1NC(=O)CN(C1CCCCC1)S(=O)(=O)c1ccc(OC)c(Cl)c1. The van der Waals surface area contributed by atoms with E-state index in [-0.39, 0.29) is 28.4 Å². The quantitative estimate of drug-likeness (QED) is 0.567. The van der Waals surface area contributed by atoms with Crippen LogP contribution in [0.2, 0.25) is 5.02 Å². The smallest absolute Gasteiger partial charge is 0.243 e. The van der Waals surface area contributed by atoms with Crippen molar-refractivity contribution in [2.75, 3.05) is 19.0 Å². The van der Waals surface area contributed by atoms with Crippen LogP contribution in [-0.4, -0.2) is 38.3 Å². The number of halogens is 1. The number of aryl methyl sites for hydroxylation is 2. The van der Waals surface area contributed by atoms with Gasteiger partial charge in [0.2, 0.25) is 15.9 Å². The van der Waals surface area contributed by atoms with Gasteiger partial charge in [-0.25, -0.2) is 8.42 Å². The van der Waals surface area contributed by atoms with Gasteiger partial charge in [-0.3, -0.25) is 4.79 Å². The maximum Gasteiger partial charge on any atom is 0.243 e. The molecule has 1 amide bonds. The van der Waals surface area contributed by atoms with E-state index in [2.05, 4.69) is 5.32 Å². The normalized spacial score (nSPS) is 15.0. The molecule has 1 saturated carbocycles. The lowest BCUT2D eigenvalue weighted by molar-refractivity contribution is -0.116. The van der Waals surface area contributed by atoms with Gasteiger partial charge in [-0.15, -0.1) is 0 Å². The van der Waals surface area contributed by atoms with E-state index in [1.165, 1.54) is 29.6 Å². The molecule has 0 aliphatic heterocycles. The Bertz CT molecular complexity index is 1070. The first kappa shape index (κ1) is 24.6. The fourth-order valence-corrected chi connectivity index (χ4v) is 6.24. The fourth-order valence-electron chi connectivity index (χ4n) is 4.24. The van der Waals surface area contributed by atoms with Crippen LogP contribution in [-0.2, 0) is 21.2 Å². The Morgan fingerprint density at radius 1 is 1.19 bits per heavy atom. The van der Waals surface area contributed by atoms with Crippen molar-refractivity contribution >= 4 is 33.2 Å². The number of carbonyl (C=O) groups is 1. The molecule has 0 aromatic heterocycles. The van der Waals surface area contributed by atoms with Gasteiger partial charge in [0.1, 0.15) is 5.75 Å². The molecule has 0 unspecified atom stereocenters. The number of benzene rings is 2.